The zero-order chi connectivity index (χ0) is 29.7. The first-order valence-corrected chi connectivity index (χ1v) is 14.5. The number of aromatic nitrogens is 1. The van der Waals surface area contributed by atoms with E-state index >= 15 is 0 Å². The van der Waals surface area contributed by atoms with E-state index in [0.717, 1.165) is 11.0 Å². The second-order valence-electron chi connectivity index (χ2n) is 12.0. The van der Waals surface area contributed by atoms with E-state index in [-0.39, 0.29) is 22.4 Å². The average molecular weight is 738 g/mol. The molecule has 0 saturated carbocycles. The van der Waals surface area contributed by atoms with Crippen molar-refractivity contribution < 1.29 is 31.5 Å². The standard InChI is InChI=1S/C22H26N2.C16H16N.Au/c1-14-11-17(4)22(18(5)12-14)24-13-23(19(6)20(24)7)21-15(2)9-8-10-16(21)3;1-9-5-11(3)15-13(7-9)14-8-10(2)6-12(4)16(14)17-15;/h8-12H,1-7H3;5-8H,1-4H3;/q+2;-1;+1. The molecule has 0 atom stereocenters. The molecule has 42 heavy (non-hydrogen) atoms. The van der Waals surface area contributed by atoms with Gasteiger partial charge in [0.15, 0.2) is 0 Å². The van der Waals surface area contributed by atoms with Gasteiger partial charge in [-0.2, -0.15) is 0 Å². The Morgan fingerprint density at radius 2 is 0.833 bits per heavy atom. The quantitative estimate of drug-likeness (QED) is 0.131. The molecule has 0 aliphatic carbocycles. The van der Waals surface area contributed by atoms with Crippen LogP contribution >= 0.6 is 0 Å². The summed E-state index contributed by atoms with van der Waals surface area (Å²) in [5, 5.41) is 2.59. The maximum Gasteiger partial charge on any atom is 1.00 e. The Kier molecular flexibility index (Phi) is 9.02. The smallest absolute Gasteiger partial charge is 0.656 e. The molecule has 1 aliphatic heterocycles. The van der Waals surface area contributed by atoms with Crippen LogP contribution in [0.1, 0.15) is 63.9 Å². The first-order chi connectivity index (χ1) is 19.4. The molecule has 5 aromatic rings. The number of fused-ring (bicyclic) bond motifs is 3. The fourth-order valence-corrected chi connectivity index (χ4v) is 6.43. The molecule has 218 valence electrons. The van der Waals surface area contributed by atoms with E-state index in [9.17, 15) is 0 Å². The Morgan fingerprint density at radius 3 is 1.26 bits per heavy atom. The summed E-state index contributed by atoms with van der Waals surface area (Å²) in [7, 11) is 0. The van der Waals surface area contributed by atoms with E-state index in [0.29, 0.717) is 0 Å². The van der Waals surface area contributed by atoms with Gasteiger partial charge in [-0.05, 0) is 85.2 Å². The van der Waals surface area contributed by atoms with Crippen LogP contribution in [0.2, 0.25) is 0 Å². The van der Waals surface area contributed by atoms with E-state index in [1.807, 2.05) is 0 Å². The van der Waals surface area contributed by atoms with Gasteiger partial charge in [0.05, 0.1) is 0 Å². The summed E-state index contributed by atoms with van der Waals surface area (Å²) in [5.41, 5.74) is 18.8. The molecule has 2 heterocycles. The van der Waals surface area contributed by atoms with Gasteiger partial charge in [-0.15, -0.1) is 11.0 Å². The van der Waals surface area contributed by atoms with Crippen molar-refractivity contribution in [1.82, 2.24) is 4.98 Å². The van der Waals surface area contributed by atoms with Gasteiger partial charge < -0.3 is 4.98 Å². The van der Waals surface area contributed by atoms with E-state index in [2.05, 4.69) is 146 Å². The predicted octanol–water partition coefficient (Wildman–Crippen LogP) is 9.84. The predicted molar refractivity (Wildman–Crippen MR) is 174 cm³/mol. The molecular weight excluding hydrogens is 695 g/mol. The molecule has 1 aromatic heterocycles. The Balaban J connectivity index is 0.000000198. The van der Waals surface area contributed by atoms with Crippen molar-refractivity contribution in [2.45, 2.75) is 76.2 Å². The molecule has 4 aromatic carbocycles. The molecule has 0 N–H and O–H groups in total. The number of para-hydroxylation sites is 1. The summed E-state index contributed by atoms with van der Waals surface area (Å²) in [6.07, 6.45) is 0. The van der Waals surface area contributed by atoms with E-state index in [1.165, 1.54) is 83.6 Å². The van der Waals surface area contributed by atoms with Crippen molar-refractivity contribution >= 4 is 39.2 Å². The van der Waals surface area contributed by atoms with Crippen LogP contribution in [-0.2, 0) is 22.4 Å². The summed E-state index contributed by atoms with van der Waals surface area (Å²) in [4.78, 5) is 4.80. The SMILES string of the molecule is CC1=C(C)[N+](c2c(C)cc(C)cc2C)=C=[N+]1c1c(C)cccc1C.Cc1cc(C)c2[n-]c3c(C)cc(C)cc3c2c1.[Au+]. The zero-order valence-corrected chi connectivity index (χ0v) is 29.0. The second kappa shape index (κ2) is 12.0. The zero-order valence-electron chi connectivity index (χ0n) is 26.8. The minimum absolute atomic E-state index is 0. The second-order valence-corrected chi connectivity index (χ2v) is 12.0. The summed E-state index contributed by atoms with van der Waals surface area (Å²) in [5.74, 6) is 0. The van der Waals surface area contributed by atoms with Crippen LogP contribution in [-0.4, -0.2) is 15.2 Å². The van der Waals surface area contributed by atoms with Crippen molar-refractivity contribution in [3.8, 4) is 0 Å². The molecule has 0 bridgehead atoms. The van der Waals surface area contributed by atoms with Gasteiger partial charge in [-0.1, -0.05) is 79.4 Å². The summed E-state index contributed by atoms with van der Waals surface area (Å²) >= 11 is 0. The number of hydrogen-bond acceptors (Lipinski definition) is 0. The number of benzene rings is 4. The molecule has 0 radical (unpaired) electrons. The fourth-order valence-electron chi connectivity index (χ4n) is 6.43. The van der Waals surface area contributed by atoms with Crippen LogP contribution in [0.5, 0.6) is 0 Å². The molecule has 1 aliphatic rings. The van der Waals surface area contributed by atoms with Crippen molar-refractivity contribution in [2.24, 2.45) is 0 Å². The van der Waals surface area contributed by atoms with Crippen LogP contribution in [0.3, 0.4) is 0 Å². The van der Waals surface area contributed by atoms with Crippen molar-refractivity contribution in [2.75, 3.05) is 0 Å². The van der Waals surface area contributed by atoms with Crippen LogP contribution in [0, 0.1) is 62.3 Å². The summed E-state index contributed by atoms with van der Waals surface area (Å²) in [6, 6.07) is 23.4. The monoisotopic (exact) mass is 737 g/mol. The van der Waals surface area contributed by atoms with Gasteiger partial charge in [-0.3, -0.25) is 0 Å². The normalized spacial score (nSPS) is 12.7. The minimum atomic E-state index is 0. The maximum atomic E-state index is 4.80. The number of nitrogens with zero attached hydrogens (tertiary/aromatic N) is 3. The Bertz CT molecular complexity index is 1870. The Labute approximate surface area is 266 Å². The van der Waals surface area contributed by atoms with Crippen molar-refractivity contribution in [3.05, 3.63) is 116 Å². The van der Waals surface area contributed by atoms with Gasteiger partial charge in [0.25, 0.3) is 11.4 Å². The first kappa shape index (κ1) is 31.5. The topological polar surface area (TPSA) is 20.1 Å². The molecule has 3 nitrogen and oxygen atoms in total. The third-order valence-electron chi connectivity index (χ3n) is 8.32. The average Bonchev–Trinajstić information content (AvgIpc) is 3.38. The van der Waals surface area contributed by atoms with Gasteiger partial charge >= 0.3 is 28.4 Å². The van der Waals surface area contributed by atoms with E-state index in [4.69, 9.17) is 4.98 Å². The number of rotatable bonds is 2. The van der Waals surface area contributed by atoms with Gasteiger partial charge in [-0.25, -0.2) is 0 Å². The first-order valence-electron chi connectivity index (χ1n) is 14.5. The van der Waals surface area contributed by atoms with Crippen LogP contribution in [0.25, 0.3) is 21.8 Å². The molecule has 0 amide bonds. The fraction of sp³-hybridized carbons (Fsp3) is 0.289. The van der Waals surface area contributed by atoms with Gasteiger partial charge in [0, 0.05) is 36.1 Å². The molecule has 6 rings (SSSR count). The largest absolute Gasteiger partial charge is 1.00 e. The number of hydrogen-bond donors (Lipinski definition) is 0. The summed E-state index contributed by atoms with van der Waals surface area (Å²) in [6.45, 7) is 23.8. The molecule has 0 spiro atoms. The summed E-state index contributed by atoms with van der Waals surface area (Å²) < 4.78 is 4.42. The molecule has 4 heteroatoms. The third kappa shape index (κ3) is 5.63. The molecule has 0 saturated heterocycles. The van der Waals surface area contributed by atoms with Crippen LogP contribution in [0.4, 0.5) is 11.4 Å². The molecule has 0 fully saturated rings. The van der Waals surface area contributed by atoms with Crippen molar-refractivity contribution in [3.63, 3.8) is 0 Å². The molecular formula is C38H42AuN3+2. The van der Waals surface area contributed by atoms with Crippen LogP contribution < -0.4 is 4.98 Å². The number of aryl methyl sites for hydroxylation is 9. The Hall–Kier alpha value is -3.46. The number of allylic oxidation sites excluding steroid dienone is 2. The van der Waals surface area contributed by atoms with Crippen molar-refractivity contribution in [1.29, 1.82) is 0 Å². The van der Waals surface area contributed by atoms with E-state index < -0.39 is 0 Å². The third-order valence-corrected chi connectivity index (χ3v) is 8.32. The molecule has 0 unspecified atom stereocenters. The minimum Gasteiger partial charge on any atom is -0.656 e. The maximum absolute atomic E-state index is 4.80. The Morgan fingerprint density at radius 1 is 0.476 bits per heavy atom. The van der Waals surface area contributed by atoms with Crippen LogP contribution in [0.15, 0.2) is 66.0 Å². The van der Waals surface area contributed by atoms with E-state index in [1.54, 1.807) is 0 Å². The van der Waals surface area contributed by atoms with Gasteiger partial charge in [0.2, 0.25) is 11.4 Å². The van der Waals surface area contributed by atoms with Gasteiger partial charge in [0.1, 0.15) is 0 Å².